The molecular weight excluding hydrogens is 468 g/mol. The maximum Gasteiger partial charge on any atom is 0.343 e. The number of nitrogens with zero attached hydrogens (tertiary/aromatic N) is 2. The number of aryl methyl sites for hydroxylation is 1. The van der Waals surface area contributed by atoms with E-state index in [1.54, 1.807) is 38.1 Å². The highest BCUT2D eigenvalue weighted by Crippen LogP contribution is 2.58. The largest absolute Gasteiger partial charge is 0.462 e. The molecule has 10 heteroatoms. The normalized spacial score (nSPS) is 18.6. The number of nitriles is 1. The molecule has 4 rings (SSSR count). The van der Waals surface area contributed by atoms with Gasteiger partial charge in [0.05, 0.1) is 11.5 Å². The molecule has 2 aliphatic heterocycles. The van der Waals surface area contributed by atoms with Gasteiger partial charge in [0, 0.05) is 21.7 Å². The van der Waals surface area contributed by atoms with Crippen LogP contribution in [-0.4, -0.2) is 36.5 Å². The number of nitrogens with one attached hydrogen (secondary N) is 1. The average molecular weight is 495 g/mol. The minimum absolute atomic E-state index is 0.0853. The van der Waals surface area contributed by atoms with E-state index in [2.05, 4.69) is 11.4 Å². The van der Waals surface area contributed by atoms with Crippen molar-refractivity contribution in [3.63, 3.8) is 0 Å². The highest BCUT2D eigenvalue weighted by atomic mass is 32.1. The predicted molar refractivity (Wildman–Crippen MR) is 130 cm³/mol. The number of carbonyl (C=O) groups is 3. The highest BCUT2D eigenvalue weighted by Gasteiger charge is 2.61. The standard InChI is InChI=1S/C25H26N4O5S/c1-6-33-22(31)18-13(2)35-20-19(18)34-21(27)15(11-26)25(20)14-9-7-8-10-16(14)29(23(25)32)12-17(30)28-24(3,4)5/h7-10H,6,12,27H2,1-5H3,(H,28,30). The van der Waals surface area contributed by atoms with Gasteiger partial charge in [0.25, 0.3) is 0 Å². The number of ether oxygens (including phenoxy) is 2. The van der Waals surface area contributed by atoms with Crippen LogP contribution in [0, 0.1) is 18.3 Å². The SMILES string of the molecule is CCOC(=O)c1c(C)sc2c1OC(N)=C(C#N)C21C(=O)N(CC(=O)NC(C)(C)C)c2ccccc21. The number of carbonyl (C=O) groups excluding carboxylic acids is 3. The van der Waals surface area contributed by atoms with Gasteiger partial charge in [-0.2, -0.15) is 5.26 Å². The lowest BCUT2D eigenvalue weighted by Crippen LogP contribution is -2.50. The van der Waals surface area contributed by atoms with Crippen molar-refractivity contribution >= 4 is 34.8 Å². The van der Waals surface area contributed by atoms with E-state index in [0.717, 1.165) is 0 Å². The zero-order valence-corrected chi connectivity index (χ0v) is 21.0. The Morgan fingerprint density at radius 3 is 2.63 bits per heavy atom. The maximum absolute atomic E-state index is 14.3. The van der Waals surface area contributed by atoms with Gasteiger partial charge in [0.15, 0.2) is 11.2 Å². The Balaban J connectivity index is 1.96. The van der Waals surface area contributed by atoms with Gasteiger partial charge in [-0.1, -0.05) is 18.2 Å². The molecule has 182 valence electrons. The van der Waals surface area contributed by atoms with Crippen LogP contribution >= 0.6 is 11.3 Å². The first-order chi connectivity index (χ1) is 16.5. The summed E-state index contributed by atoms with van der Waals surface area (Å²) in [6.45, 7) is 8.85. The molecule has 35 heavy (non-hydrogen) atoms. The van der Waals surface area contributed by atoms with Crippen LogP contribution in [0.4, 0.5) is 5.69 Å². The molecule has 0 aliphatic carbocycles. The number of amides is 2. The first-order valence-electron chi connectivity index (χ1n) is 11.1. The molecule has 2 amide bonds. The first-order valence-corrected chi connectivity index (χ1v) is 11.9. The smallest absolute Gasteiger partial charge is 0.343 e. The van der Waals surface area contributed by atoms with Crippen molar-refractivity contribution in [2.45, 2.75) is 45.6 Å². The monoisotopic (exact) mass is 494 g/mol. The third-order valence-electron chi connectivity index (χ3n) is 5.79. The lowest BCUT2D eigenvalue weighted by molar-refractivity contribution is -0.125. The molecule has 2 aromatic rings. The summed E-state index contributed by atoms with van der Waals surface area (Å²) in [4.78, 5) is 42.2. The lowest BCUT2D eigenvalue weighted by atomic mass is 9.72. The van der Waals surface area contributed by atoms with Crippen LogP contribution in [0.2, 0.25) is 0 Å². The molecule has 0 bridgehead atoms. The van der Waals surface area contributed by atoms with E-state index in [-0.39, 0.29) is 41.8 Å². The van der Waals surface area contributed by atoms with Crippen LogP contribution < -0.4 is 20.7 Å². The third-order valence-corrected chi connectivity index (χ3v) is 6.99. The van der Waals surface area contributed by atoms with Crippen molar-refractivity contribution in [1.82, 2.24) is 5.32 Å². The molecular formula is C25H26N4O5S. The zero-order chi connectivity index (χ0) is 25.7. The van der Waals surface area contributed by atoms with Crippen LogP contribution in [0.25, 0.3) is 0 Å². The molecule has 0 saturated carbocycles. The number of nitrogens with two attached hydrogens (primary N) is 1. The number of thiophene rings is 1. The van der Waals surface area contributed by atoms with Gasteiger partial charge in [-0.05, 0) is 40.7 Å². The van der Waals surface area contributed by atoms with Crippen LogP contribution in [-0.2, 0) is 19.7 Å². The van der Waals surface area contributed by atoms with Gasteiger partial charge < -0.3 is 25.4 Å². The summed E-state index contributed by atoms with van der Waals surface area (Å²) in [5.74, 6) is -1.64. The van der Waals surface area contributed by atoms with E-state index >= 15 is 0 Å². The first kappa shape index (κ1) is 24.3. The Morgan fingerprint density at radius 1 is 1.31 bits per heavy atom. The lowest BCUT2D eigenvalue weighted by Gasteiger charge is -2.32. The molecule has 1 aromatic heterocycles. The fraction of sp³-hybridized carbons (Fsp3) is 0.360. The summed E-state index contributed by atoms with van der Waals surface area (Å²) in [7, 11) is 0. The molecule has 1 atom stereocenters. The number of rotatable bonds is 4. The number of benzene rings is 1. The molecule has 3 heterocycles. The molecule has 1 unspecified atom stereocenters. The number of para-hydroxylation sites is 1. The van der Waals surface area contributed by atoms with E-state index in [1.807, 2.05) is 20.8 Å². The Morgan fingerprint density at radius 2 is 2.00 bits per heavy atom. The number of hydrogen-bond acceptors (Lipinski definition) is 8. The van der Waals surface area contributed by atoms with Crippen molar-refractivity contribution in [1.29, 1.82) is 5.26 Å². The second-order valence-corrected chi connectivity index (χ2v) is 10.5. The van der Waals surface area contributed by atoms with E-state index in [9.17, 15) is 19.6 Å². The minimum atomic E-state index is -1.65. The van der Waals surface area contributed by atoms with Crippen LogP contribution in [0.15, 0.2) is 35.7 Å². The average Bonchev–Trinajstić information content (AvgIpc) is 3.21. The van der Waals surface area contributed by atoms with E-state index in [0.29, 0.717) is 21.0 Å². The Labute approximate surface area is 207 Å². The summed E-state index contributed by atoms with van der Waals surface area (Å²) >= 11 is 1.17. The van der Waals surface area contributed by atoms with Gasteiger partial charge in [-0.25, -0.2) is 4.79 Å². The quantitative estimate of drug-likeness (QED) is 0.624. The third kappa shape index (κ3) is 3.63. The van der Waals surface area contributed by atoms with Crippen molar-refractivity contribution in [2.24, 2.45) is 5.73 Å². The number of anilines is 1. The summed E-state index contributed by atoms with van der Waals surface area (Å²) in [6.07, 6.45) is 0. The van der Waals surface area contributed by atoms with Gasteiger partial charge in [-0.3, -0.25) is 9.59 Å². The highest BCUT2D eigenvalue weighted by molar-refractivity contribution is 7.13. The number of fused-ring (bicyclic) bond motifs is 4. The molecule has 9 nitrogen and oxygen atoms in total. The van der Waals surface area contributed by atoms with E-state index < -0.39 is 22.8 Å². The predicted octanol–water partition coefficient (Wildman–Crippen LogP) is 2.87. The van der Waals surface area contributed by atoms with E-state index in [1.165, 1.54) is 16.2 Å². The second-order valence-electron chi connectivity index (χ2n) is 9.32. The molecule has 1 aromatic carbocycles. The van der Waals surface area contributed by atoms with E-state index in [4.69, 9.17) is 15.2 Å². The molecule has 3 N–H and O–H groups in total. The summed E-state index contributed by atoms with van der Waals surface area (Å²) < 4.78 is 11.0. The molecule has 2 aliphatic rings. The number of esters is 1. The number of hydrogen-bond donors (Lipinski definition) is 2. The van der Waals surface area contributed by atoms with Gasteiger partial charge in [-0.15, -0.1) is 11.3 Å². The molecule has 0 fully saturated rings. The van der Waals surface area contributed by atoms with Crippen molar-refractivity contribution in [2.75, 3.05) is 18.1 Å². The zero-order valence-electron chi connectivity index (χ0n) is 20.1. The molecule has 0 saturated heterocycles. The topological polar surface area (TPSA) is 135 Å². The molecule has 0 radical (unpaired) electrons. The van der Waals surface area contributed by atoms with Crippen molar-refractivity contribution in [3.8, 4) is 11.8 Å². The summed E-state index contributed by atoms with van der Waals surface area (Å²) in [5, 5.41) is 13.0. The minimum Gasteiger partial charge on any atom is -0.462 e. The molecule has 1 spiro atoms. The van der Waals surface area contributed by atoms with Crippen molar-refractivity contribution < 1.29 is 23.9 Å². The fourth-order valence-corrected chi connectivity index (χ4v) is 5.85. The Bertz CT molecular complexity index is 1330. The Hall–Kier alpha value is -3.84. The van der Waals surface area contributed by atoms with Gasteiger partial charge >= 0.3 is 5.97 Å². The second kappa shape index (κ2) is 8.43. The fourth-order valence-electron chi connectivity index (χ4n) is 4.58. The maximum atomic E-state index is 14.3. The van der Waals surface area contributed by atoms with Crippen LogP contribution in [0.5, 0.6) is 5.75 Å². The van der Waals surface area contributed by atoms with Gasteiger partial charge in [0.1, 0.15) is 23.8 Å². The summed E-state index contributed by atoms with van der Waals surface area (Å²) in [5.41, 5.74) is 5.12. The Kier molecular flexibility index (Phi) is 5.85. The van der Waals surface area contributed by atoms with Crippen LogP contribution in [0.3, 0.4) is 0 Å². The van der Waals surface area contributed by atoms with Crippen LogP contribution in [0.1, 0.15) is 53.4 Å². The van der Waals surface area contributed by atoms with Crippen molar-refractivity contribution in [3.05, 3.63) is 56.6 Å². The summed E-state index contributed by atoms with van der Waals surface area (Å²) in [6, 6.07) is 9.02. The van der Waals surface area contributed by atoms with Gasteiger partial charge in [0.2, 0.25) is 17.7 Å².